The van der Waals surface area contributed by atoms with Crippen molar-refractivity contribution < 1.29 is 24.3 Å². The van der Waals surface area contributed by atoms with Crippen LogP contribution in [0.2, 0.25) is 0 Å². The van der Waals surface area contributed by atoms with E-state index < -0.39 is 23.2 Å². The number of carbonyl (C=O) groups excluding carboxylic acids is 3. The average Bonchev–Trinajstić information content (AvgIpc) is 2.78. The maximum Gasteiger partial charge on any atom is 0.327 e. The molecule has 2 N–H and O–H groups in total. The molecule has 1 aliphatic heterocycles. The number of carboxylic acid groups (broad SMARTS) is 1. The molecule has 1 heterocycles. The molecule has 1 saturated heterocycles. The van der Waals surface area contributed by atoms with Crippen LogP contribution in [-0.4, -0.2) is 45.8 Å². The first-order valence-electron chi connectivity index (χ1n) is 7.03. The lowest BCUT2D eigenvalue weighted by atomic mass is 10.3. The summed E-state index contributed by atoms with van der Waals surface area (Å²) in [7, 11) is 0. The van der Waals surface area contributed by atoms with Crippen LogP contribution in [0.4, 0.5) is 5.69 Å². The average molecular weight is 415 g/mol. The number of thioether (sulfide) groups is 1. The standard InChI is InChI=1S/C15H15BrN2O5S/c1-8(19)17-11(15(22)23)7-24-12-6-13(20)18(14(12)21)10-4-2-9(16)3-5-10/h2-5,11-12H,6-7H2,1H3,(H,17,19)(H,22,23)/t11-,12-/m0/s1. The van der Waals surface area contributed by atoms with Gasteiger partial charge in [-0.1, -0.05) is 15.9 Å². The zero-order valence-electron chi connectivity index (χ0n) is 12.7. The van der Waals surface area contributed by atoms with Crippen molar-refractivity contribution in [3.05, 3.63) is 28.7 Å². The first kappa shape index (κ1) is 18.5. The highest BCUT2D eigenvalue weighted by Crippen LogP contribution is 2.30. The molecule has 0 aliphatic carbocycles. The minimum absolute atomic E-state index is 0.00593. The van der Waals surface area contributed by atoms with E-state index in [1.807, 2.05) is 0 Å². The van der Waals surface area contributed by atoms with Crippen molar-refractivity contribution >= 4 is 57.1 Å². The third kappa shape index (κ3) is 4.35. The van der Waals surface area contributed by atoms with E-state index in [1.165, 1.54) is 6.92 Å². The highest BCUT2D eigenvalue weighted by Gasteiger charge is 2.40. The van der Waals surface area contributed by atoms with Gasteiger partial charge in [0, 0.05) is 23.6 Å². The number of carboxylic acids is 1. The van der Waals surface area contributed by atoms with E-state index in [9.17, 15) is 19.2 Å². The van der Waals surface area contributed by atoms with Gasteiger partial charge in [0.05, 0.1) is 10.9 Å². The van der Waals surface area contributed by atoms with Crippen LogP contribution in [0.25, 0.3) is 0 Å². The SMILES string of the molecule is CC(=O)N[C@@H](CS[C@H]1CC(=O)N(c2ccc(Br)cc2)C1=O)C(=O)O. The fourth-order valence-corrected chi connectivity index (χ4v) is 3.65. The number of imide groups is 1. The Hall–Kier alpha value is -1.87. The number of rotatable bonds is 6. The van der Waals surface area contributed by atoms with Gasteiger partial charge in [-0.3, -0.25) is 14.4 Å². The smallest absolute Gasteiger partial charge is 0.327 e. The second-order valence-corrected chi connectivity index (χ2v) is 7.31. The van der Waals surface area contributed by atoms with Crippen molar-refractivity contribution in [2.24, 2.45) is 0 Å². The van der Waals surface area contributed by atoms with Crippen LogP contribution >= 0.6 is 27.7 Å². The molecule has 1 aromatic carbocycles. The van der Waals surface area contributed by atoms with Gasteiger partial charge in [-0.2, -0.15) is 0 Å². The van der Waals surface area contributed by atoms with Crippen LogP contribution in [0, 0.1) is 0 Å². The number of benzene rings is 1. The highest BCUT2D eigenvalue weighted by molar-refractivity contribution is 9.10. The molecule has 0 spiro atoms. The molecular formula is C15H15BrN2O5S. The van der Waals surface area contributed by atoms with Gasteiger partial charge < -0.3 is 10.4 Å². The summed E-state index contributed by atoms with van der Waals surface area (Å²) in [5.74, 6) is -2.34. The van der Waals surface area contributed by atoms with Crippen LogP contribution < -0.4 is 10.2 Å². The van der Waals surface area contributed by atoms with Gasteiger partial charge >= 0.3 is 5.97 Å². The molecule has 0 radical (unpaired) electrons. The molecule has 1 fully saturated rings. The first-order valence-corrected chi connectivity index (χ1v) is 8.87. The Morgan fingerprint density at radius 1 is 1.38 bits per heavy atom. The number of nitrogens with one attached hydrogen (secondary N) is 1. The number of hydrogen-bond acceptors (Lipinski definition) is 5. The first-order chi connectivity index (χ1) is 11.3. The number of anilines is 1. The Labute approximate surface area is 150 Å². The molecule has 2 rings (SSSR count). The third-order valence-electron chi connectivity index (χ3n) is 3.33. The molecule has 2 atom stereocenters. The second-order valence-electron chi connectivity index (χ2n) is 5.16. The van der Waals surface area contributed by atoms with E-state index >= 15 is 0 Å². The van der Waals surface area contributed by atoms with E-state index in [-0.39, 0.29) is 24.0 Å². The molecular weight excluding hydrogens is 400 g/mol. The van der Waals surface area contributed by atoms with E-state index in [2.05, 4.69) is 21.2 Å². The van der Waals surface area contributed by atoms with Gasteiger partial charge in [-0.05, 0) is 24.3 Å². The molecule has 1 aromatic rings. The summed E-state index contributed by atoms with van der Waals surface area (Å²) in [4.78, 5) is 47.8. The molecule has 1 aliphatic rings. The molecule has 0 aromatic heterocycles. The Bertz CT molecular complexity index is 679. The topological polar surface area (TPSA) is 104 Å². The molecule has 3 amide bonds. The summed E-state index contributed by atoms with van der Waals surface area (Å²) in [5, 5.41) is 10.7. The van der Waals surface area contributed by atoms with E-state index in [1.54, 1.807) is 24.3 Å². The molecule has 9 heteroatoms. The Kier molecular flexibility index (Phi) is 6.00. The van der Waals surface area contributed by atoms with Crippen molar-refractivity contribution in [2.75, 3.05) is 10.7 Å². The Balaban J connectivity index is 2.04. The summed E-state index contributed by atoms with van der Waals surface area (Å²) in [6.07, 6.45) is 0.00593. The largest absolute Gasteiger partial charge is 0.480 e. The van der Waals surface area contributed by atoms with Gasteiger partial charge in [0.1, 0.15) is 6.04 Å². The maximum atomic E-state index is 12.4. The van der Waals surface area contributed by atoms with Gasteiger partial charge in [0.2, 0.25) is 17.7 Å². The van der Waals surface area contributed by atoms with Crippen LogP contribution in [0.15, 0.2) is 28.7 Å². The van der Waals surface area contributed by atoms with Gasteiger partial charge in [0.25, 0.3) is 0 Å². The minimum Gasteiger partial charge on any atom is -0.480 e. The molecule has 0 unspecified atom stereocenters. The number of nitrogens with zero attached hydrogens (tertiary/aromatic N) is 1. The van der Waals surface area contributed by atoms with Gasteiger partial charge in [-0.15, -0.1) is 11.8 Å². The summed E-state index contributed by atoms with van der Waals surface area (Å²) in [6, 6.07) is 5.67. The van der Waals surface area contributed by atoms with Crippen molar-refractivity contribution in [3.8, 4) is 0 Å². The zero-order chi connectivity index (χ0) is 17.9. The summed E-state index contributed by atoms with van der Waals surface area (Å²) >= 11 is 4.35. The summed E-state index contributed by atoms with van der Waals surface area (Å²) in [6.45, 7) is 1.22. The van der Waals surface area contributed by atoms with Crippen molar-refractivity contribution in [1.29, 1.82) is 0 Å². The Morgan fingerprint density at radius 2 is 2.00 bits per heavy atom. The number of aliphatic carboxylic acids is 1. The lowest BCUT2D eigenvalue weighted by Gasteiger charge is -2.16. The zero-order valence-corrected chi connectivity index (χ0v) is 15.1. The molecule has 0 saturated carbocycles. The fraction of sp³-hybridized carbons (Fsp3) is 0.333. The maximum absolute atomic E-state index is 12.4. The lowest BCUT2D eigenvalue weighted by molar-refractivity contribution is -0.140. The van der Waals surface area contributed by atoms with Crippen LogP contribution in [0.1, 0.15) is 13.3 Å². The molecule has 128 valence electrons. The fourth-order valence-electron chi connectivity index (χ4n) is 2.23. The van der Waals surface area contributed by atoms with E-state index in [0.717, 1.165) is 21.1 Å². The Morgan fingerprint density at radius 3 is 2.54 bits per heavy atom. The minimum atomic E-state index is -1.18. The molecule has 24 heavy (non-hydrogen) atoms. The van der Waals surface area contributed by atoms with Crippen molar-refractivity contribution in [2.45, 2.75) is 24.6 Å². The van der Waals surface area contributed by atoms with Gasteiger partial charge in [0.15, 0.2) is 0 Å². The summed E-state index contributed by atoms with van der Waals surface area (Å²) in [5.41, 5.74) is 0.480. The van der Waals surface area contributed by atoms with E-state index in [0.29, 0.717) is 5.69 Å². The number of amides is 3. The van der Waals surface area contributed by atoms with Crippen LogP contribution in [0.5, 0.6) is 0 Å². The van der Waals surface area contributed by atoms with Crippen LogP contribution in [-0.2, 0) is 19.2 Å². The number of halogens is 1. The lowest BCUT2D eigenvalue weighted by Crippen LogP contribution is -2.42. The monoisotopic (exact) mass is 414 g/mol. The van der Waals surface area contributed by atoms with Crippen molar-refractivity contribution in [3.63, 3.8) is 0 Å². The molecule has 7 nitrogen and oxygen atoms in total. The predicted molar refractivity (Wildman–Crippen MR) is 92.7 cm³/mol. The number of hydrogen-bond donors (Lipinski definition) is 2. The van der Waals surface area contributed by atoms with Crippen molar-refractivity contribution in [1.82, 2.24) is 5.32 Å². The van der Waals surface area contributed by atoms with Crippen LogP contribution in [0.3, 0.4) is 0 Å². The quantitative estimate of drug-likeness (QED) is 0.681. The second kappa shape index (κ2) is 7.80. The molecule has 0 bridgehead atoms. The summed E-state index contributed by atoms with van der Waals surface area (Å²) < 4.78 is 0.830. The van der Waals surface area contributed by atoms with E-state index in [4.69, 9.17) is 5.11 Å². The predicted octanol–water partition coefficient (Wildman–Crippen LogP) is 1.40. The number of carbonyl (C=O) groups is 4. The highest BCUT2D eigenvalue weighted by atomic mass is 79.9. The third-order valence-corrected chi connectivity index (χ3v) is 5.15. The van der Waals surface area contributed by atoms with Gasteiger partial charge in [-0.25, -0.2) is 9.69 Å². The normalized spacial score (nSPS) is 18.6.